The molecule has 1 atom stereocenters. The average molecular weight is 315 g/mol. The Bertz CT molecular complexity index is 541. The molecule has 0 fully saturated rings. The van der Waals surface area contributed by atoms with Gasteiger partial charge in [0, 0.05) is 5.41 Å². The van der Waals surface area contributed by atoms with Gasteiger partial charge in [0.15, 0.2) is 17.6 Å². The van der Waals surface area contributed by atoms with Crippen LogP contribution in [0, 0.1) is 5.41 Å². The molecule has 1 aromatic rings. The molecule has 1 unspecified atom stereocenters. The minimum Gasteiger partial charge on any atom is -0.489 e. The van der Waals surface area contributed by atoms with Crippen molar-refractivity contribution in [3.8, 4) is 11.5 Å². The lowest BCUT2D eigenvalue weighted by molar-refractivity contribution is -0.153. The van der Waals surface area contributed by atoms with Gasteiger partial charge in [-0.2, -0.15) is 0 Å². The Morgan fingerprint density at radius 2 is 2.10 bits per heavy atom. The number of hydrogen-bond acceptors (Lipinski definition) is 5. The number of hydrogen-bond donors (Lipinski definition) is 1. The topological polar surface area (TPSA) is 65.0 Å². The SMILES string of the molecule is CCOC(=O)C(O)c1cc(Cl)c2c(c1)OCC(C)(C)CO2. The Hall–Kier alpha value is -1.46. The highest BCUT2D eigenvalue weighted by Crippen LogP contribution is 2.41. The largest absolute Gasteiger partial charge is 0.489 e. The van der Waals surface area contributed by atoms with Gasteiger partial charge in [-0.15, -0.1) is 0 Å². The van der Waals surface area contributed by atoms with Gasteiger partial charge in [-0.3, -0.25) is 0 Å². The molecule has 5 nitrogen and oxygen atoms in total. The van der Waals surface area contributed by atoms with E-state index in [2.05, 4.69) is 0 Å². The lowest BCUT2D eigenvalue weighted by atomic mass is 9.97. The van der Waals surface area contributed by atoms with Gasteiger partial charge in [0.1, 0.15) is 0 Å². The summed E-state index contributed by atoms with van der Waals surface area (Å²) in [4.78, 5) is 11.6. The molecule has 2 rings (SSSR count). The summed E-state index contributed by atoms with van der Waals surface area (Å²) in [5.41, 5.74) is 0.169. The van der Waals surface area contributed by atoms with Gasteiger partial charge >= 0.3 is 5.97 Å². The van der Waals surface area contributed by atoms with Crippen LogP contribution in [0.4, 0.5) is 0 Å². The van der Waals surface area contributed by atoms with E-state index in [0.29, 0.717) is 35.3 Å². The third-order valence-corrected chi connectivity index (χ3v) is 3.36. The van der Waals surface area contributed by atoms with Gasteiger partial charge in [-0.25, -0.2) is 4.79 Å². The quantitative estimate of drug-likeness (QED) is 0.869. The van der Waals surface area contributed by atoms with Crippen molar-refractivity contribution in [1.82, 2.24) is 0 Å². The van der Waals surface area contributed by atoms with Crippen molar-refractivity contribution in [3.05, 3.63) is 22.7 Å². The number of benzene rings is 1. The van der Waals surface area contributed by atoms with Crippen LogP contribution in [0.1, 0.15) is 32.4 Å². The third kappa shape index (κ3) is 3.60. The highest BCUT2D eigenvalue weighted by Gasteiger charge is 2.28. The maximum atomic E-state index is 11.6. The highest BCUT2D eigenvalue weighted by atomic mass is 35.5. The number of carbonyl (C=O) groups is 1. The van der Waals surface area contributed by atoms with E-state index in [1.54, 1.807) is 13.0 Å². The number of aliphatic hydroxyl groups is 1. The molecule has 116 valence electrons. The molecule has 0 saturated heterocycles. The number of fused-ring (bicyclic) bond motifs is 1. The van der Waals surface area contributed by atoms with Crippen LogP contribution in [0.5, 0.6) is 11.5 Å². The first-order valence-electron chi connectivity index (χ1n) is 6.78. The number of ether oxygens (including phenoxy) is 3. The number of rotatable bonds is 3. The molecular formula is C15H19ClO5. The summed E-state index contributed by atoms with van der Waals surface area (Å²) < 4.78 is 16.2. The second kappa shape index (κ2) is 6.12. The van der Waals surface area contributed by atoms with Crippen LogP contribution < -0.4 is 9.47 Å². The number of esters is 1. The predicted molar refractivity (Wildman–Crippen MR) is 77.8 cm³/mol. The van der Waals surface area contributed by atoms with Crippen LogP contribution in [0.25, 0.3) is 0 Å². The first-order valence-corrected chi connectivity index (χ1v) is 7.15. The molecule has 1 N–H and O–H groups in total. The molecule has 0 amide bonds. The molecule has 0 aliphatic carbocycles. The van der Waals surface area contributed by atoms with E-state index in [-0.39, 0.29) is 12.0 Å². The Morgan fingerprint density at radius 1 is 1.43 bits per heavy atom. The van der Waals surface area contributed by atoms with Gasteiger partial charge in [0.2, 0.25) is 0 Å². The number of carbonyl (C=O) groups excluding carboxylic acids is 1. The predicted octanol–water partition coefficient (Wildman–Crippen LogP) is 2.73. The lowest BCUT2D eigenvalue weighted by Crippen LogP contribution is -2.26. The maximum absolute atomic E-state index is 11.6. The second-order valence-corrected chi connectivity index (χ2v) is 6.13. The van der Waals surface area contributed by atoms with Crippen LogP contribution in [-0.4, -0.2) is 30.9 Å². The molecule has 0 saturated carbocycles. The molecule has 6 heteroatoms. The van der Waals surface area contributed by atoms with E-state index in [0.717, 1.165) is 0 Å². The number of aliphatic hydroxyl groups excluding tert-OH is 1. The minimum absolute atomic E-state index is 0.151. The summed E-state index contributed by atoms with van der Waals surface area (Å²) in [5, 5.41) is 10.3. The zero-order valence-corrected chi connectivity index (χ0v) is 13.1. The Labute approximate surface area is 128 Å². The monoisotopic (exact) mass is 314 g/mol. The van der Waals surface area contributed by atoms with Crippen molar-refractivity contribution >= 4 is 17.6 Å². The average Bonchev–Trinajstić information content (AvgIpc) is 2.57. The van der Waals surface area contributed by atoms with Crippen molar-refractivity contribution in [1.29, 1.82) is 0 Å². The Balaban J connectivity index is 2.31. The summed E-state index contributed by atoms with van der Waals surface area (Å²) >= 11 is 6.17. The van der Waals surface area contributed by atoms with Crippen LogP contribution in [0.15, 0.2) is 12.1 Å². The van der Waals surface area contributed by atoms with E-state index in [1.165, 1.54) is 6.07 Å². The molecular weight excluding hydrogens is 296 g/mol. The van der Waals surface area contributed by atoms with Crippen LogP contribution in [0.3, 0.4) is 0 Å². The first-order chi connectivity index (χ1) is 9.84. The smallest absolute Gasteiger partial charge is 0.339 e. The standard InChI is InChI=1S/C15H19ClO5/c1-4-19-14(18)12(17)9-5-10(16)13-11(6-9)20-7-15(2,3)8-21-13/h5-6,12,17H,4,7-8H2,1-3H3. The van der Waals surface area contributed by atoms with Crippen molar-refractivity contribution < 1.29 is 24.1 Å². The van der Waals surface area contributed by atoms with Crippen molar-refractivity contribution in [2.45, 2.75) is 26.9 Å². The van der Waals surface area contributed by atoms with E-state index in [4.69, 9.17) is 25.8 Å². The molecule has 0 bridgehead atoms. The molecule has 0 spiro atoms. The molecule has 21 heavy (non-hydrogen) atoms. The van der Waals surface area contributed by atoms with Gasteiger partial charge < -0.3 is 19.3 Å². The van der Waals surface area contributed by atoms with Crippen LogP contribution >= 0.6 is 11.6 Å². The third-order valence-electron chi connectivity index (χ3n) is 3.08. The van der Waals surface area contributed by atoms with Gasteiger partial charge in [0.25, 0.3) is 0 Å². The van der Waals surface area contributed by atoms with Crippen molar-refractivity contribution in [2.75, 3.05) is 19.8 Å². The van der Waals surface area contributed by atoms with E-state index in [9.17, 15) is 9.90 Å². The van der Waals surface area contributed by atoms with E-state index in [1.807, 2.05) is 13.8 Å². The fourth-order valence-corrected chi connectivity index (χ4v) is 2.21. The van der Waals surface area contributed by atoms with Crippen molar-refractivity contribution in [3.63, 3.8) is 0 Å². The molecule has 0 aromatic heterocycles. The van der Waals surface area contributed by atoms with Gasteiger partial charge in [0.05, 0.1) is 24.8 Å². The second-order valence-electron chi connectivity index (χ2n) is 5.73. The van der Waals surface area contributed by atoms with Crippen LogP contribution in [-0.2, 0) is 9.53 Å². The van der Waals surface area contributed by atoms with Gasteiger partial charge in [-0.1, -0.05) is 25.4 Å². The molecule has 1 aliphatic rings. The first kappa shape index (κ1) is 15.9. The fraction of sp³-hybridized carbons (Fsp3) is 0.533. The summed E-state index contributed by atoms with van der Waals surface area (Å²) in [6.45, 7) is 6.83. The number of halogens is 1. The summed E-state index contributed by atoms with van der Waals surface area (Å²) in [6.07, 6.45) is -1.40. The summed E-state index contributed by atoms with van der Waals surface area (Å²) in [7, 11) is 0. The fourth-order valence-electron chi connectivity index (χ4n) is 1.93. The van der Waals surface area contributed by atoms with E-state index >= 15 is 0 Å². The summed E-state index contributed by atoms with van der Waals surface area (Å²) in [5.74, 6) is 0.136. The highest BCUT2D eigenvalue weighted by molar-refractivity contribution is 6.32. The molecule has 1 aliphatic heterocycles. The zero-order valence-electron chi connectivity index (χ0n) is 12.3. The summed E-state index contributed by atoms with van der Waals surface area (Å²) in [6, 6.07) is 3.05. The van der Waals surface area contributed by atoms with Crippen LogP contribution in [0.2, 0.25) is 5.02 Å². The Morgan fingerprint density at radius 3 is 2.76 bits per heavy atom. The van der Waals surface area contributed by atoms with E-state index < -0.39 is 12.1 Å². The zero-order chi connectivity index (χ0) is 15.6. The van der Waals surface area contributed by atoms with Crippen molar-refractivity contribution in [2.24, 2.45) is 5.41 Å². The minimum atomic E-state index is -1.40. The lowest BCUT2D eigenvalue weighted by Gasteiger charge is -2.19. The molecule has 0 radical (unpaired) electrons. The normalized spacial score (nSPS) is 17.8. The maximum Gasteiger partial charge on any atom is 0.339 e. The molecule has 1 heterocycles. The molecule has 1 aromatic carbocycles. The Kier molecular flexibility index (Phi) is 4.64. The van der Waals surface area contributed by atoms with Gasteiger partial charge in [-0.05, 0) is 24.6 Å².